The number of nitrogens with zero attached hydrogens (tertiary/aromatic N) is 3. The highest BCUT2D eigenvalue weighted by Crippen LogP contribution is 2.35. The van der Waals surface area contributed by atoms with Crippen molar-refractivity contribution in [3.05, 3.63) is 83.4 Å². The molecule has 1 aliphatic heterocycles. The van der Waals surface area contributed by atoms with E-state index in [2.05, 4.69) is 10.6 Å². The Morgan fingerprint density at radius 1 is 1.02 bits per heavy atom. The smallest absolute Gasteiger partial charge is 0.483 e. The largest absolute Gasteiger partial charge is 0.491 e. The van der Waals surface area contributed by atoms with Crippen LogP contribution in [0.5, 0.6) is 0 Å². The van der Waals surface area contributed by atoms with Crippen molar-refractivity contribution in [3.8, 4) is 0 Å². The van der Waals surface area contributed by atoms with Gasteiger partial charge in [-0.05, 0) is 66.8 Å². The molecule has 0 aromatic heterocycles. The molecule has 1 aliphatic rings. The number of aliphatic hydroxyl groups is 1. The lowest BCUT2D eigenvalue weighted by atomic mass is 10.1. The summed E-state index contributed by atoms with van der Waals surface area (Å²) in [7, 11) is 1.40. The number of benzene rings is 3. The van der Waals surface area contributed by atoms with Gasteiger partial charge in [-0.2, -0.15) is 0 Å². The van der Waals surface area contributed by atoms with Crippen LogP contribution in [0.4, 0.5) is 40.7 Å². The molecule has 1 heterocycles. The third kappa shape index (κ3) is 11.5. The molecule has 280 valence electrons. The number of halogens is 3. The highest BCUT2D eigenvalue weighted by atomic mass is 19.4. The second-order valence-electron chi connectivity index (χ2n) is 12.2. The number of nitrogens with one attached hydrogen (secondary N) is 2. The van der Waals surface area contributed by atoms with E-state index in [-0.39, 0.29) is 47.7 Å². The maximum atomic E-state index is 14.4. The first-order valence-electron chi connectivity index (χ1n) is 16.2. The molecule has 5 amide bonds. The highest BCUT2D eigenvalue weighted by molar-refractivity contribution is 6.10. The van der Waals surface area contributed by atoms with Crippen molar-refractivity contribution in [1.29, 1.82) is 0 Å². The molecule has 13 nitrogen and oxygen atoms in total. The Morgan fingerprint density at radius 2 is 1.67 bits per heavy atom. The molecule has 4 N–H and O–H groups in total. The van der Waals surface area contributed by atoms with Crippen molar-refractivity contribution in [2.24, 2.45) is 5.92 Å². The second kappa shape index (κ2) is 18.7. The zero-order valence-corrected chi connectivity index (χ0v) is 29.1. The van der Waals surface area contributed by atoms with E-state index < -0.39 is 48.5 Å². The Hall–Kier alpha value is -5.48. The number of fused-ring (bicyclic) bond motifs is 1. The van der Waals surface area contributed by atoms with Gasteiger partial charge in [0.25, 0.3) is 12.4 Å². The van der Waals surface area contributed by atoms with Crippen LogP contribution in [-0.4, -0.2) is 84.7 Å². The van der Waals surface area contributed by atoms with E-state index in [9.17, 15) is 37.5 Å². The van der Waals surface area contributed by atoms with Gasteiger partial charge in [0, 0.05) is 38.0 Å². The quantitative estimate of drug-likeness (QED) is 0.106. The van der Waals surface area contributed by atoms with E-state index in [1.54, 1.807) is 12.1 Å². The molecule has 1 unspecified atom stereocenters. The summed E-state index contributed by atoms with van der Waals surface area (Å²) in [6.45, 7) is 5.43. The van der Waals surface area contributed by atoms with Crippen molar-refractivity contribution in [3.63, 3.8) is 0 Å². The molecule has 0 bridgehead atoms. The number of para-hydroxylation sites is 1. The van der Waals surface area contributed by atoms with Crippen LogP contribution in [0, 0.1) is 12.8 Å². The number of alkyl halides is 3. The van der Waals surface area contributed by atoms with Gasteiger partial charge in [0.15, 0.2) is 6.29 Å². The SMILES string of the molecule is Cc1ccccc1NC(=O)Nc1ccc(CC(=O)N(c2ccc3c(c2)C(=O)N(CCC(O)OCCC(C)C)CC(=O)N3C)C(F)(F)F)cc1.O=CO. The van der Waals surface area contributed by atoms with Gasteiger partial charge in [-0.3, -0.25) is 19.2 Å². The van der Waals surface area contributed by atoms with Crippen molar-refractivity contribution in [1.82, 2.24) is 4.90 Å². The maximum absolute atomic E-state index is 14.4. The van der Waals surface area contributed by atoms with E-state index in [1.165, 1.54) is 42.3 Å². The third-order valence-electron chi connectivity index (χ3n) is 7.93. The van der Waals surface area contributed by atoms with Crippen LogP contribution in [-0.2, 0) is 25.5 Å². The fourth-order valence-electron chi connectivity index (χ4n) is 5.13. The lowest BCUT2D eigenvalue weighted by Crippen LogP contribution is -2.44. The molecule has 0 saturated heterocycles. The number of hydrogen-bond acceptors (Lipinski definition) is 7. The normalized spacial score (nSPS) is 13.4. The predicted octanol–water partition coefficient (Wildman–Crippen LogP) is 5.63. The van der Waals surface area contributed by atoms with E-state index >= 15 is 0 Å². The highest BCUT2D eigenvalue weighted by Gasteiger charge is 2.43. The van der Waals surface area contributed by atoms with Gasteiger partial charge in [0.2, 0.25) is 11.8 Å². The van der Waals surface area contributed by atoms with Crippen LogP contribution in [0.1, 0.15) is 48.2 Å². The van der Waals surface area contributed by atoms with Crippen LogP contribution in [0.2, 0.25) is 0 Å². The molecule has 0 radical (unpaired) electrons. The Bertz CT molecular complexity index is 1720. The Balaban J connectivity index is 0.00000235. The average Bonchev–Trinajstić information content (AvgIpc) is 3.15. The van der Waals surface area contributed by atoms with Crippen LogP contribution >= 0.6 is 0 Å². The molecule has 0 aliphatic carbocycles. The Labute approximate surface area is 299 Å². The molecule has 0 saturated carbocycles. The Kier molecular flexibility index (Phi) is 14.7. The van der Waals surface area contributed by atoms with Crippen LogP contribution < -0.4 is 20.4 Å². The topological polar surface area (TPSA) is 169 Å². The summed E-state index contributed by atoms with van der Waals surface area (Å²) in [5, 5.41) is 22.5. The fraction of sp³-hybridized carbons (Fsp3) is 0.361. The summed E-state index contributed by atoms with van der Waals surface area (Å²) in [6.07, 6.45) is -6.29. The van der Waals surface area contributed by atoms with Crippen molar-refractivity contribution in [2.75, 3.05) is 47.2 Å². The summed E-state index contributed by atoms with van der Waals surface area (Å²) in [5.74, 6) is -2.17. The number of aryl methyl sites for hydroxylation is 1. The minimum atomic E-state index is -5.15. The van der Waals surface area contributed by atoms with Gasteiger partial charge in [0.05, 0.1) is 23.4 Å². The standard InChI is InChI=1S/C35H40F3N5O6.CH2O2/c1-22(2)16-18-49-32(46)15-17-42-21-31(45)41(4)29-14-13-26(20-27(29)33(42)47)43(35(36,37)38)30(44)19-24-9-11-25(12-10-24)39-34(48)40-28-8-6-5-7-23(28)3;2-1-3/h5-14,20,22,32,46H,15-19,21H2,1-4H3,(H2,39,40,48);1H,(H,2,3). The maximum Gasteiger partial charge on any atom is 0.491 e. The number of urea groups is 1. The lowest BCUT2D eigenvalue weighted by molar-refractivity contribution is -0.149. The zero-order chi connectivity index (χ0) is 38.6. The van der Waals surface area contributed by atoms with E-state index in [1.807, 2.05) is 32.9 Å². The minimum Gasteiger partial charge on any atom is -0.483 e. The first-order valence-corrected chi connectivity index (χ1v) is 16.2. The number of carboxylic acid groups (broad SMARTS) is 1. The van der Waals surface area contributed by atoms with Crippen molar-refractivity contribution in [2.45, 2.75) is 52.6 Å². The summed E-state index contributed by atoms with van der Waals surface area (Å²) in [6, 6.07) is 15.6. The molecule has 52 heavy (non-hydrogen) atoms. The lowest BCUT2D eigenvalue weighted by Gasteiger charge is -2.27. The van der Waals surface area contributed by atoms with Crippen LogP contribution in [0.3, 0.4) is 0 Å². The molecule has 3 aromatic carbocycles. The van der Waals surface area contributed by atoms with E-state index in [0.717, 1.165) is 22.6 Å². The summed E-state index contributed by atoms with van der Waals surface area (Å²) in [4.78, 5) is 62.3. The van der Waals surface area contributed by atoms with Crippen LogP contribution in [0.25, 0.3) is 0 Å². The fourth-order valence-corrected chi connectivity index (χ4v) is 5.13. The molecule has 3 aromatic rings. The monoisotopic (exact) mass is 729 g/mol. The molecular weight excluding hydrogens is 687 g/mol. The number of carbonyl (C=O) groups excluding carboxylic acids is 4. The number of carbonyl (C=O) groups is 5. The number of amides is 5. The van der Waals surface area contributed by atoms with Gasteiger partial charge in [-0.1, -0.05) is 44.2 Å². The van der Waals surface area contributed by atoms with Crippen LogP contribution in [0.15, 0.2) is 66.7 Å². The first kappa shape index (κ1) is 40.9. The van der Waals surface area contributed by atoms with E-state index in [4.69, 9.17) is 14.6 Å². The number of aliphatic hydroxyl groups excluding tert-OH is 1. The summed E-state index contributed by atoms with van der Waals surface area (Å²) < 4.78 is 48.6. The van der Waals surface area contributed by atoms with Gasteiger partial charge >= 0.3 is 12.3 Å². The first-order chi connectivity index (χ1) is 24.5. The molecule has 0 fully saturated rings. The van der Waals surface area contributed by atoms with Gasteiger partial charge in [0.1, 0.15) is 6.54 Å². The number of hydrogen-bond donors (Lipinski definition) is 4. The molecule has 0 spiro atoms. The van der Waals surface area contributed by atoms with Gasteiger partial charge in [-0.15, -0.1) is 13.2 Å². The molecule has 4 rings (SSSR count). The molecule has 16 heteroatoms. The molecular formula is C36H42F3N5O8. The minimum absolute atomic E-state index is 0.0192. The van der Waals surface area contributed by atoms with Crippen molar-refractivity contribution < 1.29 is 52.1 Å². The summed E-state index contributed by atoms with van der Waals surface area (Å²) >= 11 is 0. The Morgan fingerprint density at radius 3 is 2.29 bits per heavy atom. The average molecular weight is 730 g/mol. The second-order valence-corrected chi connectivity index (χ2v) is 12.2. The zero-order valence-electron chi connectivity index (χ0n) is 29.1. The van der Waals surface area contributed by atoms with Gasteiger partial charge in [-0.25, -0.2) is 9.69 Å². The number of ether oxygens (including phenoxy) is 1. The number of likely N-dealkylation sites (N-methyl/N-ethyl adjacent to an activating group) is 1. The molecule has 1 atom stereocenters. The summed E-state index contributed by atoms with van der Waals surface area (Å²) in [5.41, 5.74) is 1.35. The number of rotatable bonds is 12. The van der Waals surface area contributed by atoms with Gasteiger partial charge < -0.3 is 35.4 Å². The van der Waals surface area contributed by atoms with Crippen molar-refractivity contribution >= 4 is 53.0 Å². The number of anilines is 4. The predicted molar refractivity (Wildman–Crippen MR) is 188 cm³/mol. The third-order valence-corrected chi connectivity index (χ3v) is 7.93. The van der Waals surface area contributed by atoms with E-state index in [0.29, 0.717) is 30.3 Å².